The SMILES string of the molecule is COC(=O)/C(N=Nc1ccccc1N)=C(\C)O. The number of esters is 1. The van der Waals surface area contributed by atoms with E-state index in [0.29, 0.717) is 11.4 Å². The quantitative estimate of drug-likeness (QED) is 0.276. The van der Waals surface area contributed by atoms with Crippen LogP contribution in [0.15, 0.2) is 46.0 Å². The fourth-order valence-corrected chi connectivity index (χ4v) is 1.04. The summed E-state index contributed by atoms with van der Waals surface area (Å²) in [4.78, 5) is 11.2. The summed E-state index contributed by atoms with van der Waals surface area (Å²) in [5.74, 6) is -1.03. The molecule has 0 aliphatic carbocycles. The van der Waals surface area contributed by atoms with Crippen LogP contribution in [0.4, 0.5) is 11.4 Å². The van der Waals surface area contributed by atoms with Gasteiger partial charge in [0.05, 0.1) is 12.8 Å². The van der Waals surface area contributed by atoms with Crippen molar-refractivity contribution >= 4 is 17.3 Å². The van der Waals surface area contributed by atoms with Crippen LogP contribution < -0.4 is 5.73 Å². The Kier molecular flexibility index (Phi) is 4.21. The van der Waals surface area contributed by atoms with E-state index in [0.717, 1.165) is 0 Å². The molecule has 0 aromatic heterocycles. The van der Waals surface area contributed by atoms with Crippen LogP contribution >= 0.6 is 0 Å². The Balaban J connectivity index is 3.01. The van der Waals surface area contributed by atoms with Gasteiger partial charge in [-0.15, -0.1) is 10.2 Å². The maximum absolute atomic E-state index is 11.2. The maximum Gasteiger partial charge on any atom is 0.362 e. The lowest BCUT2D eigenvalue weighted by Crippen LogP contribution is -2.04. The topological polar surface area (TPSA) is 97.3 Å². The third-order valence-corrected chi connectivity index (χ3v) is 1.92. The molecule has 6 heteroatoms. The van der Waals surface area contributed by atoms with Crippen LogP contribution in [-0.2, 0) is 9.53 Å². The minimum atomic E-state index is -0.761. The number of aliphatic hydroxyl groups excluding tert-OH is 1. The third kappa shape index (κ3) is 3.30. The minimum Gasteiger partial charge on any atom is -0.510 e. The number of anilines is 1. The molecule has 0 spiro atoms. The Morgan fingerprint density at radius 1 is 1.41 bits per heavy atom. The first kappa shape index (κ1) is 12.7. The summed E-state index contributed by atoms with van der Waals surface area (Å²) >= 11 is 0. The van der Waals surface area contributed by atoms with Gasteiger partial charge >= 0.3 is 5.97 Å². The van der Waals surface area contributed by atoms with Gasteiger partial charge in [0, 0.05) is 0 Å². The van der Waals surface area contributed by atoms with Crippen molar-refractivity contribution in [2.45, 2.75) is 6.92 Å². The van der Waals surface area contributed by atoms with E-state index in [1.165, 1.54) is 14.0 Å². The van der Waals surface area contributed by atoms with E-state index in [4.69, 9.17) is 5.73 Å². The molecule has 3 N–H and O–H groups in total. The van der Waals surface area contributed by atoms with Gasteiger partial charge in [0.25, 0.3) is 0 Å². The molecule has 0 saturated heterocycles. The van der Waals surface area contributed by atoms with Crippen LogP contribution in [0.25, 0.3) is 0 Å². The third-order valence-electron chi connectivity index (χ3n) is 1.92. The predicted molar refractivity (Wildman–Crippen MR) is 62.7 cm³/mol. The summed E-state index contributed by atoms with van der Waals surface area (Å²) in [6.07, 6.45) is 0. The molecule has 0 amide bonds. The molecule has 1 aromatic rings. The molecule has 0 radical (unpaired) electrons. The van der Waals surface area contributed by atoms with Gasteiger partial charge in [0.1, 0.15) is 11.4 Å². The molecule has 0 atom stereocenters. The van der Waals surface area contributed by atoms with Gasteiger partial charge in [-0.2, -0.15) is 0 Å². The van der Waals surface area contributed by atoms with E-state index in [1.807, 2.05) is 0 Å². The Morgan fingerprint density at radius 3 is 2.59 bits per heavy atom. The highest BCUT2D eigenvalue weighted by atomic mass is 16.5. The molecule has 17 heavy (non-hydrogen) atoms. The molecule has 1 rings (SSSR count). The first-order valence-corrected chi connectivity index (χ1v) is 4.80. The van der Waals surface area contributed by atoms with Gasteiger partial charge in [0.2, 0.25) is 5.70 Å². The summed E-state index contributed by atoms with van der Waals surface area (Å²) in [5, 5.41) is 16.7. The molecule has 0 aliphatic rings. The van der Waals surface area contributed by atoms with Gasteiger partial charge in [0.15, 0.2) is 0 Å². The molecule has 0 fully saturated rings. The molecule has 0 unspecified atom stereocenters. The summed E-state index contributed by atoms with van der Waals surface area (Å²) in [5.41, 5.74) is 6.23. The van der Waals surface area contributed by atoms with Crippen molar-refractivity contribution in [2.75, 3.05) is 12.8 Å². The second-order valence-corrected chi connectivity index (χ2v) is 3.18. The summed E-state index contributed by atoms with van der Waals surface area (Å²) < 4.78 is 4.45. The number of ether oxygens (including phenoxy) is 1. The highest BCUT2D eigenvalue weighted by molar-refractivity contribution is 5.88. The zero-order valence-corrected chi connectivity index (χ0v) is 9.54. The van der Waals surface area contributed by atoms with Crippen LogP contribution in [0.5, 0.6) is 0 Å². The number of carbonyl (C=O) groups excluding carboxylic acids is 1. The number of carbonyl (C=O) groups is 1. The summed E-state index contributed by atoms with van der Waals surface area (Å²) in [6, 6.07) is 6.78. The van der Waals surface area contributed by atoms with E-state index in [2.05, 4.69) is 15.0 Å². The fourth-order valence-electron chi connectivity index (χ4n) is 1.04. The van der Waals surface area contributed by atoms with E-state index in [-0.39, 0.29) is 11.5 Å². The molecule has 0 heterocycles. The zero-order valence-electron chi connectivity index (χ0n) is 9.54. The number of benzene rings is 1. The van der Waals surface area contributed by atoms with Crippen LogP contribution in [-0.4, -0.2) is 18.2 Å². The normalized spacial score (nSPS) is 12.4. The van der Waals surface area contributed by atoms with E-state index >= 15 is 0 Å². The van der Waals surface area contributed by atoms with Crippen LogP contribution in [0, 0.1) is 0 Å². The summed E-state index contributed by atoms with van der Waals surface area (Å²) in [7, 11) is 1.19. The van der Waals surface area contributed by atoms with Crippen LogP contribution in [0.2, 0.25) is 0 Å². The van der Waals surface area contributed by atoms with Crippen LogP contribution in [0.1, 0.15) is 6.92 Å². The largest absolute Gasteiger partial charge is 0.510 e. The molecular formula is C11H13N3O3. The number of azo groups is 1. The lowest BCUT2D eigenvalue weighted by atomic mass is 10.3. The van der Waals surface area contributed by atoms with Crippen LogP contribution in [0.3, 0.4) is 0 Å². The molecular weight excluding hydrogens is 222 g/mol. The standard InChI is InChI=1S/C11H13N3O3/c1-7(15)10(11(16)17-2)14-13-9-6-4-3-5-8(9)12/h3-6,15H,12H2,1-2H3/b10-7-,14-13?. The number of nitrogens with two attached hydrogens (primary N) is 1. The molecule has 0 aliphatic heterocycles. The predicted octanol–water partition coefficient (Wildman–Crippen LogP) is 2.31. The highest BCUT2D eigenvalue weighted by Gasteiger charge is 2.12. The monoisotopic (exact) mass is 235 g/mol. The second-order valence-electron chi connectivity index (χ2n) is 3.18. The van der Waals surface area contributed by atoms with Crippen molar-refractivity contribution in [3.8, 4) is 0 Å². The number of rotatable bonds is 3. The smallest absolute Gasteiger partial charge is 0.362 e. The Labute approximate surface area is 98.4 Å². The average molecular weight is 235 g/mol. The first-order chi connectivity index (χ1) is 8.06. The fraction of sp³-hybridized carbons (Fsp3) is 0.182. The molecule has 0 saturated carbocycles. The lowest BCUT2D eigenvalue weighted by molar-refractivity contribution is -0.136. The Morgan fingerprint density at radius 2 is 2.06 bits per heavy atom. The van der Waals surface area contributed by atoms with Gasteiger partial charge in [-0.3, -0.25) is 0 Å². The van der Waals surface area contributed by atoms with E-state index in [1.54, 1.807) is 24.3 Å². The Hall–Kier alpha value is -2.37. The number of nitrogen functional groups attached to an aromatic ring is 1. The number of nitrogens with zero attached hydrogens (tertiary/aromatic N) is 2. The van der Waals surface area contributed by atoms with Crippen molar-refractivity contribution in [2.24, 2.45) is 10.2 Å². The number of methoxy groups -OCH3 is 1. The maximum atomic E-state index is 11.2. The van der Waals surface area contributed by atoms with Crippen molar-refractivity contribution in [1.29, 1.82) is 0 Å². The van der Waals surface area contributed by atoms with Gasteiger partial charge < -0.3 is 15.6 Å². The van der Waals surface area contributed by atoms with Gasteiger partial charge in [-0.25, -0.2) is 4.79 Å². The first-order valence-electron chi connectivity index (χ1n) is 4.80. The van der Waals surface area contributed by atoms with Gasteiger partial charge in [-0.05, 0) is 19.1 Å². The lowest BCUT2D eigenvalue weighted by Gasteiger charge is -2.00. The molecule has 6 nitrogen and oxygen atoms in total. The van der Waals surface area contributed by atoms with Crippen molar-refractivity contribution in [3.63, 3.8) is 0 Å². The number of para-hydroxylation sites is 1. The van der Waals surface area contributed by atoms with Gasteiger partial charge in [-0.1, -0.05) is 12.1 Å². The minimum absolute atomic E-state index is 0.254. The highest BCUT2D eigenvalue weighted by Crippen LogP contribution is 2.22. The van der Waals surface area contributed by atoms with Crippen molar-refractivity contribution in [1.82, 2.24) is 0 Å². The van der Waals surface area contributed by atoms with Crippen molar-refractivity contribution < 1.29 is 14.6 Å². The molecule has 1 aromatic carbocycles. The number of hydrogen-bond acceptors (Lipinski definition) is 6. The Bertz CT molecular complexity index is 477. The van der Waals surface area contributed by atoms with E-state index in [9.17, 15) is 9.90 Å². The zero-order chi connectivity index (χ0) is 12.8. The van der Waals surface area contributed by atoms with Crippen molar-refractivity contribution in [3.05, 3.63) is 35.7 Å². The summed E-state index contributed by atoms with van der Waals surface area (Å²) in [6.45, 7) is 1.32. The number of hydrogen-bond donors (Lipinski definition) is 2. The average Bonchev–Trinajstić information content (AvgIpc) is 2.30. The molecule has 0 bridgehead atoms. The number of aliphatic hydroxyl groups is 1. The molecule has 90 valence electrons. The van der Waals surface area contributed by atoms with E-state index < -0.39 is 5.97 Å². The second kappa shape index (κ2) is 5.64. The number of allylic oxidation sites excluding steroid dienone is 1.